The number of phenols is 1. The fourth-order valence-electron chi connectivity index (χ4n) is 5.08. The van der Waals surface area contributed by atoms with Crippen molar-refractivity contribution in [3.05, 3.63) is 93.2 Å². The Morgan fingerprint density at radius 3 is 2.49 bits per heavy atom. The number of allylic oxidation sites excluding steroid dienone is 1. The average molecular weight is 519 g/mol. The van der Waals surface area contributed by atoms with Gasteiger partial charge in [-0.3, -0.25) is 14.6 Å². The molecule has 1 fully saturated rings. The molecule has 37 heavy (non-hydrogen) atoms. The molecular weight excluding hydrogens is 492 g/mol. The number of rotatable bonds is 5. The van der Waals surface area contributed by atoms with E-state index in [1.807, 2.05) is 6.07 Å². The van der Waals surface area contributed by atoms with Gasteiger partial charge in [0.2, 0.25) is 5.78 Å². The molecule has 1 saturated heterocycles. The van der Waals surface area contributed by atoms with E-state index >= 15 is 0 Å². The smallest absolute Gasteiger partial charge is 0.231 e. The molecule has 0 spiro atoms. The van der Waals surface area contributed by atoms with Crippen LogP contribution < -0.4 is 9.47 Å². The lowest BCUT2D eigenvalue weighted by molar-refractivity contribution is -0.0165. The maximum Gasteiger partial charge on any atom is 0.231 e. The third-order valence-corrected chi connectivity index (χ3v) is 7.22. The molecular formula is C29H27ClN2O5. The van der Waals surface area contributed by atoms with Gasteiger partial charge in [0, 0.05) is 55.4 Å². The van der Waals surface area contributed by atoms with Gasteiger partial charge in [-0.05, 0) is 35.9 Å². The van der Waals surface area contributed by atoms with Gasteiger partial charge in [-0.2, -0.15) is 0 Å². The van der Waals surface area contributed by atoms with Gasteiger partial charge in [-0.15, -0.1) is 0 Å². The monoisotopic (exact) mass is 518 g/mol. The minimum atomic E-state index is -0.232. The largest absolute Gasteiger partial charge is 0.507 e. The molecule has 3 aromatic carbocycles. The Morgan fingerprint density at radius 2 is 1.70 bits per heavy atom. The van der Waals surface area contributed by atoms with Crippen LogP contribution in [0, 0.1) is 0 Å². The zero-order chi connectivity index (χ0) is 25.4. The number of phenolic OH excluding ortho intramolecular Hbond substituents is 1. The maximum absolute atomic E-state index is 13.2. The third-order valence-electron chi connectivity index (χ3n) is 7.00. The number of fused-ring (bicyclic) bond motifs is 2. The summed E-state index contributed by atoms with van der Waals surface area (Å²) in [6.07, 6.45) is 1.65. The molecule has 1 N–H and O–H groups in total. The Balaban J connectivity index is 1.20. The first kappa shape index (κ1) is 24.0. The van der Waals surface area contributed by atoms with Crippen molar-refractivity contribution < 1.29 is 24.1 Å². The van der Waals surface area contributed by atoms with Crippen LogP contribution in [0.3, 0.4) is 0 Å². The molecule has 0 unspecified atom stereocenters. The van der Waals surface area contributed by atoms with Crippen molar-refractivity contribution in [2.24, 2.45) is 0 Å². The summed E-state index contributed by atoms with van der Waals surface area (Å²) in [6.45, 7) is 5.53. The molecule has 3 aliphatic heterocycles. The summed E-state index contributed by atoms with van der Waals surface area (Å²) in [7, 11) is 0. The number of hydrogen-bond donors (Lipinski definition) is 1. The minimum Gasteiger partial charge on any atom is -0.507 e. The van der Waals surface area contributed by atoms with E-state index in [1.54, 1.807) is 30.3 Å². The molecule has 0 aliphatic carbocycles. The van der Waals surface area contributed by atoms with E-state index in [9.17, 15) is 9.90 Å². The van der Waals surface area contributed by atoms with E-state index in [-0.39, 0.29) is 24.1 Å². The van der Waals surface area contributed by atoms with Gasteiger partial charge >= 0.3 is 0 Å². The number of benzene rings is 3. The van der Waals surface area contributed by atoms with Crippen LogP contribution in [-0.2, 0) is 24.4 Å². The van der Waals surface area contributed by atoms with Gasteiger partial charge in [0.15, 0.2) is 12.6 Å². The van der Waals surface area contributed by atoms with E-state index in [0.29, 0.717) is 46.4 Å². The number of carbonyl (C=O) groups is 1. The van der Waals surface area contributed by atoms with E-state index < -0.39 is 0 Å². The van der Waals surface area contributed by atoms with Crippen LogP contribution in [0.1, 0.15) is 32.6 Å². The molecule has 190 valence electrons. The zero-order valence-corrected chi connectivity index (χ0v) is 21.0. The summed E-state index contributed by atoms with van der Waals surface area (Å²) in [5.74, 6) is 1.12. The molecule has 0 saturated carbocycles. The van der Waals surface area contributed by atoms with Crippen molar-refractivity contribution in [3.8, 4) is 17.2 Å². The summed E-state index contributed by atoms with van der Waals surface area (Å²) >= 11 is 6.29. The highest BCUT2D eigenvalue weighted by atomic mass is 35.5. The Hall–Kier alpha value is -3.36. The van der Waals surface area contributed by atoms with E-state index in [2.05, 4.69) is 34.1 Å². The van der Waals surface area contributed by atoms with Crippen molar-refractivity contribution in [1.82, 2.24) is 9.80 Å². The molecule has 0 bridgehead atoms. The lowest BCUT2D eigenvalue weighted by atomic mass is 10.0. The standard InChI is InChI=1S/C29H27ClN2O5/c30-22-12-20(28-21(13-22)17-35-18-36-28)14-26-27(34)23-6-7-25(33)24(29(23)37-26)16-32-10-8-31(9-11-32)15-19-4-2-1-3-5-19/h1-7,12-14,33H,8-11,15-18H2/b26-14-. The lowest BCUT2D eigenvalue weighted by Crippen LogP contribution is -2.45. The fraction of sp³-hybridized carbons (Fsp3) is 0.276. The summed E-state index contributed by atoms with van der Waals surface area (Å²) in [4.78, 5) is 17.9. The second kappa shape index (κ2) is 10.2. The second-order valence-electron chi connectivity index (χ2n) is 9.51. The van der Waals surface area contributed by atoms with Crippen molar-refractivity contribution in [2.45, 2.75) is 19.7 Å². The zero-order valence-electron chi connectivity index (χ0n) is 20.3. The number of Topliss-reactive ketones (excluding diaryl/α,β-unsaturated/α-hetero) is 1. The van der Waals surface area contributed by atoms with Crippen molar-refractivity contribution >= 4 is 23.5 Å². The molecule has 6 rings (SSSR count). The molecule has 0 amide bonds. The van der Waals surface area contributed by atoms with E-state index in [1.165, 1.54) is 5.56 Å². The Labute approximate surface area is 220 Å². The summed E-state index contributed by atoms with van der Waals surface area (Å²) in [5.41, 5.74) is 3.85. The SMILES string of the molecule is O=C1/C(=C/c2cc(Cl)cc3c2OCOC3)Oc2c1ccc(O)c2CN1CCN(Cc2ccccc2)CC1. The first-order valence-electron chi connectivity index (χ1n) is 12.4. The van der Waals surface area contributed by atoms with Crippen LogP contribution in [0.4, 0.5) is 0 Å². The number of piperazine rings is 1. The third kappa shape index (κ3) is 4.95. The van der Waals surface area contributed by atoms with Gasteiger partial charge < -0.3 is 19.3 Å². The van der Waals surface area contributed by atoms with Crippen LogP contribution in [0.5, 0.6) is 17.2 Å². The van der Waals surface area contributed by atoms with Gasteiger partial charge in [0.25, 0.3) is 0 Å². The molecule has 0 atom stereocenters. The Morgan fingerprint density at radius 1 is 0.946 bits per heavy atom. The second-order valence-corrected chi connectivity index (χ2v) is 9.95. The highest BCUT2D eigenvalue weighted by Gasteiger charge is 2.32. The van der Waals surface area contributed by atoms with Crippen molar-refractivity contribution in [1.29, 1.82) is 0 Å². The number of ketones is 1. The summed E-state index contributed by atoms with van der Waals surface area (Å²) in [6, 6.07) is 17.2. The molecule has 3 aliphatic rings. The predicted molar refractivity (Wildman–Crippen MR) is 140 cm³/mol. The molecule has 7 nitrogen and oxygen atoms in total. The first-order valence-corrected chi connectivity index (χ1v) is 12.7. The van der Waals surface area contributed by atoms with Gasteiger partial charge in [0.1, 0.15) is 17.2 Å². The van der Waals surface area contributed by atoms with Crippen molar-refractivity contribution in [2.75, 3.05) is 33.0 Å². The van der Waals surface area contributed by atoms with Crippen LogP contribution >= 0.6 is 11.6 Å². The first-order chi connectivity index (χ1) is 18.0. The van der Waals surface area contributed by atoms with Gasteiger partial charge in [0.05, 0.1) is 17.7 Å². The minimum absolute atomic E-state index is 0.125. The predicted octanol–water partition coefficient (Wildman–Crippen LogP) is 4.85. The number of carbonyl (C=O) groups excluding carboxylic acids is 1. The normalized spacial score (nSPS) is 18.8. The number of aromatic hydroxyl groups is 1. The summed E-state index contributed by atoms with van der Waals surface area (Å²) < 4.78 is 17.1. The van der Waals surface area contributed by atoms with Gasteiger partial charge in [-0.25, -0.2) is 0 Å². The van der Waals surface area contributed by atoms with E-state index in [0.717, 1.165) is 38.3 Å². The van der Waals surface area contributed by atoms with Crippen LogP contribution in [0.15, 0.2) is 60.4 Å². The van der Waals surface area contributed by atoms with E-state index in [4.69, 9.17) is 25.8 Å². The number of halogens is 1. The number of ether oxygens (including phenoxy) is 3. The maximum atomic E-state index is 13.2. The topological polar surface area (TPSA) is 71.5 Å². The van der Waals surface area contributed by atoms with Crippen LogP contribution in [0.2, 0.25) is 5.02 Å². The molecule has 3 heterocycles. The molecule has 0 aromatic heterocycles. The molecule has 3 aromatic rings. The van der Waals surface area contributed by atoms with Crippen LogP contribution in [0.25, 0.3) is 6.08 Å². The lowest BCUT2D eigenvalue weighted by Gasteiger charge is -2.35. The quantitative estimate of drug-likeness (QED) is 0.484. The highest BCUT2D eigenvalue weighted by Crippen LogP contribution is 2.41. The highest BCUT2D eigenvalue weighted by molar-refractivity contribution is 6.31. The van der Waals surface area contributed by atoms with Crippen LogP contribution in [-0.4, -0.2) is 53.7 Å². The fourth-order valence-corrected chi connectivity index (χ4v) is 5.33. The van der Waals surface area contributed by atoms with Gasteiger partial charge in [-0.1, -0.05) is 41.9 Å². The molecule has 0 radical (unpaired) electrons. The Kier molecular flexibility index (Phi) is 6.61. The Bertz CT molecular complexity index is 1370. The number of hydrogen-bond acceptors (Lipinski definition) is 7. The number of nitrogens with zero attached hydrogens (tertiary/aromatic N) is 2. The average Bonchev–Trinajstić information content (AvgIpc) is 3.22. The molecule has 8 heteroatoms. The van der Waals surface area contributed by atoms with Crippen molar-refractivity contribution in [3.63, 3.8) is 0 Å². The summed E-state index contributed by atoms with van der Waals surface area (Å²) in [5, 5.41) is 11.2.